The first-order valence-corrected chi connectivity index (χ1v) is 5.93. The van der Waals surface area contributed by atoms with Crippen molar-refractivity contribution in [3.05, 3.63) is 53.1 Å². The van der Waals surface area contributed by atoms with Gasteiger partial charge >= 0.3 is 0 Å². The van der Waals surface area contributed by atoms with Gasteiger partial charge in [0.15, 0.2) is 0 Å². The van der Waals surface area contributed by atoms with Crippen LogP contribution < -0.4 is 5.32 Å². The molecular formula is C13H12ClN3O2. The molecule has 0 bridgehead atoms. The Bertz CT molecular complexity index is 590. The van der Waals surface area contributed by atoms with E-state index in [9.17, 15) is 4.79 Å². The van der Waals surface area contributed by atoms with Crippen LogP contribution in [-0.4, -0.2) is 23.0 Å². The van der Waals surface area contributed by atoms with Gasteiger partial charge in [-0.1, -0.05) is 23.7 Å². The Balaban J connectivity index is 2.12. The zero-order valence-electron chi connectivity index (χ0n) is 10.3. The summed E-state index contributed by atoms with van der Waals surface area (Å²) in [4.78, 5) is 19.6. The fourth-order valence-corrected chi connectivity index (χ4v) is 1.70. The minimum absolute atomic E-state index is 0.171. The van der Waals surface area contributed by atoms with E-state index in [-0.39, 0.29) is 16.8 Å². The molecule has 0 saturated carbocycles. The maximum atomic E-state index is 11.9. The average molecular weight is 278 g/mol. The number of halogens is 1. The summed E-state index contributed by atoms with van der Waals surface area (Å²) in [7, 11) is 1.62. The largest absolute Gasteiger partial charge is 0.380 e. The minimum Gasteiger partial charge on any atom is -0.380 e. The van der Waals surface area contributed by atoms with Crippen molar-refractivity contribution >= 4 is 23.2 Å². The number of amides is 1. The third-order valence-electron chi connectivity index (χ3n) is 2.33. The van der Waals surface area contributed by atoms with Crippen LogP contribution in [0.3, 0.4) is 0 Å². The molecule has 0 spiro atoms. The molecule has 98 valence electrons. The highest BCUT2D eigenvalue weighted by Gasteiger charge is 2.09. The van der Waals surface area contributed by atoms with E-state index >= 15 is 0 Å². The Morgan fingerprint density at radius 2 is 2.26 bits per heavy atom. The van der Waals surface area contributed by atoms with Gasteiger partial charge in [-0.15, -0.1) is 0 Å². The number of aromatic nitrogens is 2. The highest BCUT2D eigenvalue weighted by molar-refractivity contribution is 6.29. The van der Waals surface area contributed by atoms with E-state index in [1.54, 1.807) is 13.2 Å². The van der Waals surface area contributed by atoms with Gasteiger partial charge in [0.25, 0.3) is 5.91 Å². The second-order valence-electron chi connectivity index (χ2n) is 3.81. The van der Waals surface area contributed by atoms with Gasteiger partial charge in [0.05, 0.1) is 19.0 Å². The van der Waals surface area contributed by atoms with Crippen molar-refractivity contribution in [2.45, 2.75) is 6.61 Å². The Labute approximate surface area is 115 Å². The summed E-state index contributed by atoms with van der Waals surface area (Å²) < 4.78 is 5.04. The quantitative estimate of drug-likeness (QED) is 0.933. The molecule has 0 fully saturated rings. The van der Waals surface area contributed by atoms with Gasteiger partial charge in [-0.05, 0) is 17.7 Å². The minimum atomic E-state index is -0.357. The fourth-order valence-electron chi connectivity index (χ4n) is 1.55. The fraction of sp³-hybridized carbons (Fsp3) is 0.154. The molecule has 2 rings (SSSR count). The molecule has 0 atom stereocenters. The lowest BCUT2D eigenvalue weighted by Gasteiger charge is -2.06. The van der Waals surface area contributed by atoms with E-state index in [0.717, 1.165) is 5.56 Å². The number of methoxy groups -OCH3 is 1. The van der Waals surface area contributed by atoms with Crippen molar-refractivity contribution in [2.24, 2.45) is 0 Å². The molecule has 0 aliphatic rings. The first-order valence-electron chi connectivity index (χ1n) is 5.56. The van der Waals surface area contributed by atoms with E-state index in [1.165, 1.54) is 12.4 Å². The van der Waals surface area contributed by atoms with Crippen LogP contribution in [0.15, 0.2) is 36.7 Å². The molecule has 1 N–H and O–H groups in total. The number of benzene rings is 1. The van der Waals surface area contributed by atoms with Crippen molar-refractivity contribution in [1.82, 2.24) is 9.97 Å². The molecule has 6 heteroatoms. The standard InChI is InChI=1S/C13H12ClN3O2/c1-19-8-9-3-2-4-10(5-9)16-13(18)11-6-15-7-12(14)17-11/h2-7H,8H2,1H3,(H,16,18). The molecule has 2 aromatic rings. The molecule has 19 heavy (non-hydrogen) atoms. The molecule has 0 saturated heterocycles. The highest BCUT2D eigenvalue weighted by Crippen LogP contribution is 2.13. The van der Waals surface area contributed by atoms with E-state index < -0.39 is 0 Å². The summed E-state index contributed by atoms with van der Waals surface area (Å²) in [6.45, 7) is 0.487. The van der Waals surface area contributed by atoms with Gasteiger partial charge < -0.3 is 10.1 Å². The number of ether oxygens (including phenoxy) is 1. The second-order valence-corrected chi connectivity index (χ2v) is 4.20. The number of rotatable bonds is 4. The lowest BCUT2D eigenvalue weighted by Crippen LogP contribution is -2.14. The maximum absolute atomic E-state index is 11.9. The van der Waals surface area contributed by atoms with Gasteiger partial charge in [-0.25, -0.2) is 4.98 Å². The lowest BCUT2D eigenvalue weighted by atomic mass is 10.2. The van der Waals surface area contributed by atoms with Gasteiger partial charge in [0.1, 0.15) is 10.8 Å². The molecule has 0 radical (unpaired) electrons. The van der Waals surface area contributed by atoms with Crippen molar-refractivity contribution < 1.29 is 9.53 Å². The maximum Gasteiger partial charge on any atom is 0.275 e. The summed E-state index contributed by atoms with van der Waals surface area (Å²) in [5, 5.41) is 2.91. The predicted molar refractivity (Wildman–Crippen MR) is 72.2 cm³/mol. The van der Waals surface area contributed by atoms with Crippen molar-refractivity contribution in [3.63, 3.8) is 0 Å². The third kappa shape index (κ3) is 3.74. The zero-order chi connectivity index (χ0) is 13.7. The molecule has 1 aromatic carbocycles. The molecule has 1 amide bonds. The average Bonchev–Trinajstić information content (AvgIpc) is 2.39. The predicted octanol–water partition coefficient (Wildman–Crippen LogP) is 2.53. The van der Waals surface area contributed by atoms with Crippen LogP contribution in [0.5, 0.6) is 0 Å². The molecule has 1 aromatic heterocycles. The molecule has 0 aliphatic heterocycles. The summed E-state index contributed by atoms with van der Waals surface area (Å²) >= 11 is 5.69. The monoisotopic (exact) mass is 277 g/mol. The number of hydrogen-bond donors (Lipinski definition) is 1. The summed E-state index contributed by atoms with van der Waals surface area (Å²) in [5.41, 5.74) is 1.81. The van der Waals surface area contributed by atoms with Gasteiger partial charge in [0.2, 0.25) is 0 Å². The van der Waals surface area contributed by atoms with Crippen LogP contribution in [0.1, 0.15) is 16.1 Å². The number of carbonyl (C=O) groups is 1. The van der Waals surface area contributed by atoms with E-state index in [1.807, 2.05) is 18.2 Å². The van der Waals surface area contributed by atoms with Crippen LogP contribution in [0.25, 0.3) is 0 Å². The van der Waals surface area contributed by atoms with Crippen LogP contribution in [0.4, 0.5) is 5.69 Å². The topological polar surface area (TPSA) is 64.1 Å². The number of anilines is 1. The van der Waals surface area contributed by atoms with E-state index in [2.05, 4.69) is 15.3 Å². The number of nitrogens with one attached hydrogen (secondary N) is 1. The molecule has 0 aliphatic carbocycles. The van der Waals surface area contributed by atoms with Crippen LogP contribution in [0, 0.1) is 0 Å². The Hall–Kier alpha value is -1.98. The highest BCUT2D eigenvalue weighted by atomic mass is 35.5. The summed E-state index contributed by atoms with van der Waals surface area (Å²) in [6.07, 6.45) is 2.73. The first kappa shape index (κ1) is 13.5. The number of hydrogen-bond acceptors (Lipinski definition) is 4. The van der Waals surface area contributed by atoms with E-state index in [0.29, 0.717) is 12.3 Å². The van der Waals surface area contributed by atoms with Crippen LogP contribution in [-0.2, 0) is 11.3 Å². The Kier molecular flexibility index (Phi) is 4.43. The first-order chi connectivity index (χ1) is 9.19. The Morgan fingerprint density at radius 1 is 1.42 bits per heavy atom. The smallest absolute Gasteiger partial charge is 0.275 e. The van der Waals surface area contributed by atoms with Crippen LogP contribution in [0.2, 0.25) is 5.15 Å². The molecular weight excluding hydrogens is 266 g/mol. The van der Waals surface area contributed by atoms with Gasteiger partial charge in [-0.3, -0.25) is 9.78 Å². The number of carbonyl (C=O) groups excluding carboxylic acids is 1. The van der Waals surface area contributed by atoms with Crippen LogP contribution >= 0.6 is 11.6 Å². The van der Waals surface area contributed by atoms with Gasteiger partial charge in [0, 0.05) is 12.8 Å². The number of nitrogens with zero attached hydrogens (tertiary/aromatic N) is 2. The van der Waals surface area contributed by atoms with Crippen molar-refractivity contribution in [1.29, 1.82) is 0 Å². The summed E-state index contributed by atoms with van der Waals surface area (Å²) in [6, 6.07) is 7.38. The van der Waals surface area contributed by atoms with Crippen molar-refractivity contribution in [2.75, 3.05) is 12.4 Å². The van der Waals surface area contributed by atoms with Gasteiger partial charge in [-0.2, -0.15) is 0 Å². The zero-order valence-corrected chi connectivity index (χ0v) is 11.0. The lowest BCUT2D eigenvalue weighted by molar-refractivity contribution is 0.102. The molecule has 5 nitrogen and oxygen atoms in total. The summed E-state index contributed by atoms with van der Waals surface area (Å²) in [5.74, 6) is -0.357. The molecule has 0 unspecified atom stereocenters. The SMILES string of the molecule is COCc1cccc(NC(=O)c2cncc(Cl)n2)c1. The Morgan fingerprint density at radius 3 is 3.00 bits per heavy atom. The molecule has 1 heterocycles. The normalized spacial score (nSPS) is 10.2. The third-order valence-corrected chi connectivity index (χ3v) is 2.52. The second kappa shape index (κ2) is 6.26. The van der Waals surface area contributed by atoms with E-state index in [4.69, 9.17) is 16.3 Å². The van der Waals surface area contributed by atoms with Crippen molar-refractivity contribution in [3.8, 4) is 0 Å².